The molecule has 8 rings (SSSR count). The third kappa shape index (κ3) is 26.6. The number of aliphatic hydroxyl groups is 1. The number of aryl methyl sites for hydroxylation is 3. The van der Waals surface area contributed by atoms with Crippen LogP contribution in [0.15, 0.2) is 175 Å². The summed E-state index contributed by atoms with van der Waals surface area (Å²) >= 11 is 0. The number of nitrogens with two attached hydrogens (primary N) is 2. The first-order valence-corrected chi connectivity index (χ1v) is 37.8. The molecule has 1 aliphatic heterocycles. The van der Waals surface area contributed by atoms with Crippen LogP contribution < -0.4 is 64.6 Å². The highest BCUT2D eigenvalue weighted by Crippen LogP contribution is 2.23. The van der Waals surface area contributed by atoms with Crippen LogP contribution in [-0.4, -0.2) is 178 Å². The minimum absolute atomic E-state index is 0.0312. The summed E-state index contributed by atoms with van der Waals surface area (Å²) in [7, 11) is 0. The largest absolute Gasteiger partial charge is 0.508 e. The van der Waals surface area contributed by atoms with Crippen LogP contribution in [0, 0.1) is 20.8 Å². The first-order valence-electron chi connectivity index (χ1n) is 37.8. The molecule has 1 saturated heterocycles. The molecule has 0 radical (unpaired) electrons. The van der Waals surface area contributed by atoms with Gasteiger partial charge in [-0.3, -0.25) is 57.7 Å². The normalized spacial score (nSPS) is 14.9. The summed E-state index contributed by atoms with van der Waals surface area (Å²) in [6.07, 6.45) is 0.948. The number of benzene rings is 7. The third-order valence-corrected chi connectivity index (χ3v) is 19.5. The van der Waals surface area contributed by atoms with Gasteiger partial charge in [-0.05, 0) is 147 Å². The van der Waals surface area contributed by atoms with E-state index < -0.39 is 132 Å². The smallest absolute Gasteiger partial charge is 0.325 e. The van der Waals surface area contributed by atoms with Crippen molar-refractivity contribution in [2.24, 2.45) is 16.5 Å². The minimum Gasteiger partial charge on any atom is -0.508 e. The molecule has 0 aliphatic carbocycles. The molecule has 1 aliphatic rings. The number of hydrogen-bond acceptors (Lipinski definition) is 15. The molecule has 0 spiro atoms. The quantitative estimate of drug-likeness (QED) is 0.0148. The van der Waals surface area contributed by atoms with Gasteiger partial charge < -0.3 is 84.9 Å². The second kappa shape index (κ2) is 42.8. The number of amides is 10. The van der Waals surface area contributed by atoms with Crippen molar-refractivity contribution in [3.8, 4) is 5.75 Å². The van der Waals surface area contributed by atoms with Gasteiger partial charge in [-0.25, -0.2) is 0 Å². The molecule has 28 nitrogen and oxygen atoms in total. The van der Waals surface area contributed by atoms with Crippen LogP contribution in [0.25, 0.3) is 10.8 Å². The number of likely N-dealkylation sites (tertiary alicyclic amines) is 1. The van der Waals surface area contributed by atoms with Crippen molar-refractivity contribution in [2.45, 2.75) is 179 Å². The molecule has 10 amide bonds. The van der Waals surface area contributed by atoms with Crippen molar-refractivity contribution >= 4 is 81.8 Å². The Kier molecular flexibility index (Phi) is 32.7. The number of carboxylic acids is 1. The molecule has 1 fully saturated rings. The highest BCUT2D eigenvalue weighted by Gasteiger charge is 2.40. The molecular formula is C84H104N14O14. The standard InChI is InChI=1S/C84H104N14O14/c1-51-41-52(2)64(53(3)42-51)49-87-38-18-17-29-66(82(110)98-40-20-31-73(98)81(109)89-54(4)83(111)112)92-77(105)68(44-56-21-9-6-10-22-56)93-74(102)65(30-19-39-88-84(85)86)91-76(104)71(47-59-33-36-63(101)37-34-59)96-80(108)72(50-99)97-79(107)70(46-58-25-13-8-14-26-58)95-78(106)69(45-57-23-11-7-12-24-57)94-75(103)67(90-55(5)100)48-60-32-35-61-27-15-16-28-62(61)43-60/h6-16,21-28,32-37,41-43,54,65-73,87,99,101H,17-20,29-31,38-40,44-50H2,1-5H3,(H,89,109)(H,90,100)(H,91,104)(H,92,105)(H,93,102)(H,94,103)(H,95,106)(H,96,108)(H,97,107)(H,111,112)(H4,85,86,88)/t54-,65-,66+,67-,68+,69-,70-,71+,72+,73-/m1/s1. The highest BCUT2D eigenvalue weighted by atomic mass is 16.4. The van der Waals surface area contributed by atoms with Crippen LogP contribution in [0.5, 0.6) is 5.75 Å². The molecule has 594 valence electrons. The number of fused-ring (bicyclic) bond motifs is 1. The molecule has 112 heavy (non-hydrogen) atoms. The lowest BCUT2D eigenvalue weighted by Crippen LogP contribution is -2.61. The second-order valence-corrected chi connectivity index (χ2v) is 28.4. The fourth-order valence-electron chi connectivity index (χ4n) is 13.6. The average molecular weight is 1530 g/mol. The Balaban J connectivity index is 1.03. The Labute approximate surface area is 651 Å². The zero-order valence-corrected chi connectivity index (χ0v) is 63.8. The fourth-order valence-corrected chi connectivity index (χ4v) is 13.6. The van der Waals surface area contributed by atoms with Crippen molar-refractivity contribution in [2.75, 3.05) is 26.2 Å². The highest BCUT2D eigenvalue weighted by molar-refractivity contribution is 5.99. The van der Waals surface area contributed by atoms with Crippen molar-refractivity contribution in [1.29, 1.82) is 0 Å². The molecule has 7 aromatic rings. The van der Waals surface area contributed by atoms with Crippen molar-refractivity contribution in [3.05, 3.63) is 220 Å². The number of nitrogens with zero attached hydrogens (tertiary/aromatic N) is 2. The maximum Gasteiger partial charge on any atom is 0.325 e. The molecule has 28 heteroatoms. The Morgan fingerprint density at radius 1 is 0.482 bits per heavy atom. The number of aromatic hydroxyl groups is 1. The summed E-state index contributed by atoms with van der Waals surface area (Å²) in [6, 6.07) is 35.3. The van der Waals surface area contributed by atoms with Crippen LogP contribution >= 0.6 is 0 Å². The Morgan fingerprint density at radius 2 is 0.902 bits per heavy atom. The van der Waals surface area contributed by atoms with E-state index in [1.54, 1.807) is 91.0 Å². The predicted octanol–water partition coefficient (Wildman–Crippen LogP) is 3.47. The number of guanidine groups is 1. The number of phenolic OH excluding ortho intramolecular Hbond substituents is 1. The number of aliphatic imine (C=N–C) groups is 1. The van der Waals surface area contributed by atoms with E-state index in [0.29, 0.717) is 54.6 Å². The van der Waals surface area contributed by atoms with E-state index in [-0.39, 0.29) is 82.6 Å². The van der Waals surface area contributed by atoms with Gasteiger partial charge in [0.1, 0.15) is 66.2 Å². The summed E-state index contributed by atoms with van der Waals surface area (Å²) in [5.41, 5.74) is 18.9. The summed E-state index contributed by atoms with van der Waals surface area (Å²) in [5.74, 6) is -9.68. The summed E-state index contributed by atoms with van der Waals surface area (Å²) in [4.78, 5) is 163. The average Bonchev–Trinajstić information content (AvgIpc) is 1.78. The lowest BCUT2D eigenvalue weighted by atomic mass is 9.99. The Bertz CT molecular complexity index is 4390. The van der Waals surface area contributed by atoms with E-state index in [9.17, 15) is 53.7 Å². The van der Waals surface area contributed by atoms with Crippen LogP contribution in [0.4, 0.5) is 0 Å². The molecule has 17 N–H and O–H groups in total. The monoisotopic (exact) mass is 1530 g/mol. The van der Waals surface area contributed by atoms with Gasteiger partial charge in [0.2, 0.25) is 59.1 Å². The minimum atomic E-state index is -1.82. The number of carboxylic acid groups (broad SMARTS) is 1. The zero-order valence-electron chi connectivity index (χ0n) is 63.8. The van der Waals surface area contributed by atoms with Gasteiger partial charge in [0.15, 0.2) is 5.96 Å². The fraction of sp³-hybridized carbons (Fsp3) is 0.381. The van der Waals surface area contributed by atoms with Crippen LogP contribution in [0.2, 0.25) is 0 Å². The van der Waals surface area contributed by atoms with Crippen LogP contribution in [-0.2, 0) is 91.4 Å². The number of aliphatic carboxylic acids is 1. The lowest BCUT2D eigenvalue weighted by Gasteiger charge is -2.31. The van der Waals surface area contributed by atoms with Gasteiger partial charge in [-0.2, -0.15) is 0 Å². The lowest BCUT2D eigenvalue weighted by molar-refractivity contribution is -0.144. The number of unbranched alkanes of at least 4 members (excludes halogenated alkanes) is 1. The molecule has 1 heterocycles. The van der Waals surface area contributed by atoms with E-state index in [1.165, 1.54) is 43.0 Å². The van der Waals surface area contributed by atoms with Crippen molar-refractivity contribution < 1.29 is 68.1 Å². The van der Waals surface area contributed by atoms with E-state index >= 15 is 14.4 Å². The second-order valence-electron chi connectivity index (χ2n) is 28.4. The molecular weight excluding hydrogens is 1430 g/mol. The van der Waals surface area contributed by atoms with E-state index in [1.807, 2.05) is 49.4 Å². The van der Waals surface area contributed by atoms with Gasteiger partial charge in [-0.15, -0.1) is 0 Å². The summed E-state index contributed by atoms with van der Waals surface area (Å²) in [6.45, 7) is 8.90. The van der Waals surface area contributed by atoms with Gasteiger partial charge in [0.05, 0.1) is 6.61 Å². The summed E-state index contributed by atoms with van der Waals surface area (Å²) < 4.78 is 0. The first-order chi connectivity index (χ1) is 53.7. The summed E-state index contributed by atoms with van der Waals surface area (Å²) in [5, 5.41) is 60.7. The predicted molar refractivity (Wildman–Crippen MR) is 424 cm³/mol. The SMILES string of the molecule is CC(=O)N[C@H](Cc1ccc2ccccc2c1)C(=O)N[C@H](Cc1ccccc1)C(=O)N[C@H](Cc1ccccc1)C(=O)N[C@@H](CO)C(=O)N[C@@H](Cc1ccc(O)cc1)C(=O)N[C@H](CCCN=C(N)N)C(=O)N[C@@H](Cc1ccccc1)C(=O)N[C@@H](CCCCNCc1c(C)cc(C)cc1C)C(=O)N1CCC[C@@H]1C(=O)N[C@H](C)C(=O)O. The molecule has 0 saturated carbocycles. The number of aliphatic hydroxyl groups excluding tert-OH is 1. The Hall–Kier alpha value is -12.0. The maximum absolute atomic E-state index is 15.2. The van der Waals surface area contributed by atoms with Crippen LogP contribution in [0.1, 0.15) is 109 Å². The van der Waals surface area contributed by atoms with Gasteiger partial charge in [-0.1, -0.05) is 163 Å². The van der Waals surface area contributed by atoms with Crippen molar-refractivity contribution in [1.82, 2.24) is 58.1 Å². The number of phenols is 1. The topological polar surface area (TPSA) is 436 Å². The molecule has 10 atom stereocenters. The molecule has 0 aromatic heterocycles. The number of carbonyl (C=O) groups excluding carboxylic acids is 10. The molecule has 7 aromatic carbocycles. The third-order valence-electron chi connectivity index (χ3n) is 19.5. The molecule has 0 bridgehead atoms. The van der Waals surface area contributed by atoms with E-state index in [0.717, 1.165) is 38.6 Å². The van der Waals surface area contributed by atoms with Crippen molar-refractivity contribution in [3.63, 3.8) is 0 Å². The van der Waals surface area contributed by atoms with E-state index in [2.05, 4.69) is 84.1 Å². The number of rotatable bonds is 41. The number of carbonyl (C=O) groups is 11. The number of hydrogen-bond donors (Lipinski definition) is 15. The zero-order chi connectivity index (χ0) is 80.8. The van der Waals surface area contributed by atoms with Gasteiger partial charge in [0.25, 0.3) is 0 Å². The van der Waals surface area contributed by atoms with Gasteiger partial charge in [0, 0.05) is 58.7 Å². The first kappa shape index (κ1) is 85.6. The van der Waals surface area contributed by atoms with E-state index in [4.69, 9.17) is 11.5 Å². The maximum atomic E-state index is 15.2. The number of nitrogens with one attached hydrogen (secondary N) is 10. The van der Waals surface area contributed by atoms with Gasteiger partial charge >= 0.3 is 5.97 Å². The molecule has 0 unspecified atom stereocenters. The van der Waals surface area contributed by atoms with Crippen LogP contribution in [0.3, 0.4) is 0 Å². The Morgan fingerprint density at radius 3 is 1.39 bits per heavy atom.